The molecule has 7 heteroatoms. The van der Waals surface area contributed by atoms with Crippen LogP contribution in [0.5, 0.6) is 0 Å². The van der Waals surface area contributed by atoms with Crippen molar-refractivity contribution in [2.45, 2.75) is 26.8 Å². The average molecular weight is 376 g/mol. The molecule has 0 unspecified atom stereocenters. The number of hydrogen-bond acceptors (Lipinski definition) is 4. The van der Waals surface area contributed by atoms with Crippen LogP contribution in [0.3, 0.4) is 0 Å². The molecule has 2 N–H and O–H groups in total. The molecule has 138 valence electrons. The molecule has 0 aliphatic rings. The van der Waals surface area contributed by atoms with Crippen LogP contribution in [0, 0.1) is 16.0 Å². The number of amides is 1. The van der Waals surface area contributed by atoms with Gasteiger partial charge in [-0.15, -0.1) is 0 Å². The predicted molar refractivity (Wildman–Crippen MR) is 103 cm³/mol. The quantitative estimate of drug-likeness (QED) is 0.535. The van der Waals surface area contributed by atoms with Gasteiger partial charge in [0.2, 0.25) is 5.91 Å². The maximum Gasteiger partial charge on any atom is 0.269 e. The first-order valence-electron chi connectivity index (χ1n) is 8.37. The highest BCUT2D eigenvalue weighted by molar-refractivity contribution is 6.31. The fraction of sp³-hybridized carbons (Fsp3) is 0.316. The normalized spacial score (nSPS) is 10.6. The molecule has 2 aromatic carbocycles. The summed E-state index contributed by atoms with van der Waals surface area (Å²) in [5.74, 6) is 0.425. The van der Waals surface area contributed by atoms with E-state index >= 15 is 0 Å². The Balaban J connectivity index is 1.92. The van der Waals surface area contributed by atoms with Gasteiger partial charge in [0.1, 0.15) is 0 Å². The van der Waals surface area contributed by atoms with Gasteiger partial charge in [-0.2, -0.15) is 0 Å². The molecular weight excluding hydrogens is 354 g/mol. The summed E-state index contributed by atoms with van der Waals surface area (Å²) in [6, 6.07) is 11.9. The first-order valence-corrected chi connectivity index (χ1v) is 8.75. The molecule has 2 aromatic rings. The van der Waals surface area contributed by atoms with Crippen LogP contribution in [-0.4, -0.2) is 17.4 Å². The van der Waals surface area contributed by atoms with E-state index in [1.165, 1.54) is 18.2 Å². The van der Waals surface area contributed by atoms with Crippen molar-refractivity contribution < 1.29 is 9.72 Å². The van der Waals surface area contributed by atoms with Crippen LogP contribution in [0.2, 0.25) is 5.02 Å². The van der Waals surface area contributed by atoms with Crippen molar-refractivity contribution in [2.75, 3.05) is 11.9 Å². The van der Waals surface area contributed by atoms with E-state index in [4.69, 9.17) is 11.6 Å². The van der Waals surface area contributed by atoms with Gasteiger partial charge in [0, 0.05) is 35.9 Å². The van der Waals surface area contributed by atoms with Gasteiger partial charge < -0.3 is 10.6 Å². The van der Waals surface area contributed by atoms with Crippen molar-refractivity contribution in [3.05, 3.63) is 68.7 Å². The lowest BCUT2D eigenvalue weighted by atomic mass is 10.1. The Morgan fingerprint density at radius 2 is 1.88 bits per heavy atom. The van der Waals surface area contributed by atoms with Crippen LogP contribution >= 0.6 is 11.6 Å². The summed E-state index contributed by atoms with van der Waals surface area (Å²) in [4.78, 5) is 22.3. The molecule has 0 aliphatic heterocycles. The molecule has 0 aliphatic carbocycles. The van der Waals surface area contributed by atoms with E-state index in [-0.39, 0.29) is 11.6 Å². The maximum absolute atomic E-state index is 11.8. The highest BCUT2D eigenvalue weighted by Gasteiger charge is 2.10. The van der Waals surface area contributed by atoms with Gasteiger partial charge in [-0.05, 0) is 35.2 Å². The summed E-state index contributed by atoms with van der Waals surface area (Å²) >= 11 is 6.09. The molecule has 1 amide bonds. The zero-order valence-electron chi connectivity index (χ0n) is 14.8. The molecule has 0 atom stereocenters. The second kappa shape index (κ2) is 9.20. The van der Waals surface area contributed by atoms with E-state index in [0.29, 0.717) is 36.0 Å². The fourth-order valence-electron chi connectivity index (χ4n) is 2.31. The standard InChI is InChI=1S/C19H22ClN3O3/c1-13(2)11-22-19(24)9-14-3-5-16(6-4-14)21-12-15-10-17(23(25)26)7-8-18(15)20/h3-8,10,13,21H,9,11-12H2,1-2H3,(H,22,24). The third-order valence-electron chi connectivity index (χ3n) is 3.75. The van der Waals surface area contributed by atoms with Crippen molar-refractivity contribution >= 4 is 28.9 Å². The third kappa shape index (κ3) is 6.04. The number of hydrogen-bond donors (Lipinski definition) is 2. The van der Waals surface area contributed by atoms with E-state index in [0.717, 1.165) is 11.3 Å². The number of anilines is 1. The van der Waals surface area contributed by atoms with Gasteiger partial charge in [-0.25, -0.2) is 0 Å². The number of benzene rings is 2. The topological polar surface area (TPSA) is 84.3 Å². The number of nitro groups is 1. The molecule has 0 saturated carbocycles. The van der Waals surface area contributed by atoms with Crippen LogP contribution < -0.4 is 10.6 Å². The lowest BCUT2D eigenvalue weighted by Crippen LogP contribution is -2.28. The summed E-state index contributed by atoms with van der Waals surface area (Å²) < 4.78 is 0. The van der Waals surface area contributed by atoms with Crippen LogP contribution in [0.25, 0.3) is 0 Å². The highest BCUT2D eigenvalue weighted by Crippen LogP contribution is 2.23. The van der Waals surface area contributed by atoms with Crippen LogP contribution in [-0.2, 0) is 17.8 Å². The smallest absolute Gasteiger partial charge is 0.269 e. The SMILES string of the molecule is CC(C)CNC(=O)Cc1ccc(NCc2cc([N+](=O)[O-])ccc2Cl)cc1. The van der Waals surface area contributed by atoms with Gasteiger partial charge >= 0.3 is 0 Å². The minimum absolute atomic E-state index is 0.00258. The minimum atomic E-state index is -0.445. The fourth-order valence-corrected chi connectivity index (χ4v) is 2.50. The predicted octanol–water partition coefficient (Wildman–Crippen LogP) is 4.18. The number of halogens is 1. The molecule has 0 spiro atoms. The Bertz CT molecular complexity index is 776. The minimum Gasteiger partial charge on any atom is -0.381 e. The maximum atomic E-state index is 11.8. The Hall–Kier alpha value is -2.60. The number of carbonyl (C=O) groups is 1. The first-order chi connectivity index (χ1) is 12.3. The largest absolute Gasteiger partial charge is 0.381 e. The monoisotopic (exact) mass is 375 g/mol. The van der Waals surface area contributed by atoms with Crippen LogP contribution in [0.15, 0.2) is 42.5 Å². The molecule has 0 heterocycles. The van der Waals surface area contributed by atoms with Gasteiger partial charge in [-0.1, -0.05) is 37.6 Å². The van der Waals surface area contributed by atoms with Crippen molar-refractivity contribution in [1.82, 2.24) is 5.32 Å². The van der Waals surface area contributed by atoms with Gasteiger partial charge in [0.15, 0.2) is 0 Å². The van der Waals surface area contributed by atoms with E-state index in [2.05, 4.69) is 10.6 Å². The van der Waals surface area contributed by atoms with E-state index in [1.54, 1.807) is 0 Å². The van der Waals surface area contributed by atoms with Gasteiger partial charge in [0.25, 0.3) is 5.69 Å². The lowest BCUT2D eigenvalue weighted by Gasteiger charge is -2.10. The Morgan fingerprint density at radius 1 is 1.19 bits per heavy atom. The van der Waals surface area contributed by atoms with Gasteiger partial charge in [0.05, 0.1) is 11.3 Å². The number of nitrogens with zero attached hydrogens (tertiary/aromatic N) is 1. The highest BCUT2D eigenvalue weighted by atomic mass is 35.5. The average Bonchev–Trinajstić information content (AvgIpc) is 2.60. The number of rotatable bonds is 8. The number of carbonyl (C=O) groups excluding carboxylic acids is 1. The summed E-state index contributed by atoms with van der Waals surface area (Å²) in [6.07, 6.45) is 0.337. The molecule has 0 saturated heterocycles. The molecule has 26 heavy (non-hydrogen) atoms. The van der Waals surface area contributed by atoms with Crippen molar-refractivity contribution in [3.63, 3.8) is 0 Å². The number of nitro benzene ring substituents is 1. The number of non-ortho nitro benzene ring substituents is 1. The molecule has 0 bridgehead atoms. The lowest BCUT2D eigenvalue weighted by molar-refractivity contribution is -0.384. The van der Waals surface area contributed by atoms with Crippen molar-refractivity contribution in [1.29, 1.82) is 0 Å². The number of nitrogens with one attached hydrogen (secondary N) is 2. The summed E-state index contributed by atoms with van der Waals surface area (Å²) in [7, 11) is 0. The molecule has 2 rings (SSSR count). The Labute approximate surface area is 157 Å². The van der Waals surface area contributed by atoms with Crippen molar-refractivity contribution in [3.8, 4) is 0 Å². The Morgan fingerprint density at radius 3 is 2.50 bits per heavy atom. The summed E-state index contributed by atoms with van der Waals surface area (Å²) in [5.41, 5.74) is 2.43. The molecule has 0 aromatic heterocycles. The second-order valence-electron chi connectivity index (χ2n) is 6.46. The van der Waals surface area contributed by atoms with Crippen LogP contribution in [0.1, 0.15) is 25.0 Å². The Kier molecular flexibility index (Phi) is 6.97. The molecule has 0 radical (unpaired) electrons. The summed E-state index contributed by atoms with van der Waals surface area (Å²) in [5, 5.41) is 17.4. The van der Waals surface area contributed by atoms with E-state index < -0.39 is 4.92 Å². The zero-order chi connectivity index (χ0) is 19.1. The van der Waals surface area contributed by atoms with Crippen molar-refractivity contribution in [2.24, 2.45) is 5.92 Å². The molecular formula is C19H22ClN3O3. The van der Waals surface area contributed by atoms with E-state index in [9.17, 15) is 14.9 Å². The third-order valence-corrected chi connectivity index (χ3v) is 4.12. The van der Waals surface area contributed by atoms with Crippen LogP contribution in [0.4, 0.5) is 11.4 Å². The first kappa shape index (κ1) is 19.7. The zero-order valence-corrected chi connectivity index (χ0v) is 15.5. The van der Waals surface area contributed by atoms with Gasteiger partial charge in [-0.3, -0.25) is 14.9 Å². The molecule has 6 nitrogen and oxygen atoms in total. The van der Waals surface area contributed by atoms with E-state index in [1.807, 2.05) is 38.1 Å². The second-order valence-corrected chi connectivity index (χ2v) is 6.87. The summed E-state index contributed by atoms with van der Waals surface area (Å²) in [6.45, 7) is 5.14. The molecule has 0 fully saturated rings.